The number of pyridine rings is 1. The second-order valence-electron chi connectivity index (χ2n) is 5.61. The molecule has 3 heterocycles. The van der Waals surface area contributed by atoms with Crippen LogP contribution < -0.4 is 15.4 Å². The molecule has 21 heavy (non-hydrogen) atoms. The van der Waals surface area contributed by atoms with E-state index in [1.54, 1.807) is 11.6 Å². The van der Waals surface area contributed by atoms with Crippen molar-refractivity contribution >= 4 is 17.4 Å². The fraction of sp³-hybridized carbons (Fsp3) is 0.571. The number of ether oxygens (including phenoxy) is 1. The van der Waals surface area contributed by atoms with Gasteiger partial charge in [-0.1, -0.05) is 0 Å². The number of nitrogen functional groups attached to an aromatic ring is 1. The summed E-state index contributed by atoms with van der Waals surface area (Å²) in [6.45, 7) is 2.24. The van der Waals surface area contributed by atoms with Gasteiger partial charge in [0.2, 0.25) is 11.6 Å². The maximum absolute atomic E-state index is 5.76. The monoisotopic (exact) mass is 290 g/mol. The normalized spacial score (nSPS) is 17.3. The predicted molar refractivity (Wildman–Crippen MR) is 82.9 cm³/mol. The van der Waals surface area contributed by atoms with Gasteiger partial charge in [0.15, 0.2) is 5.75 Å². The van der Waals surface area contributed by atoms with Crippen LogP contribution >= 0.6 is 0 Å². The Morgan fingerprint density at radius 1 is 1.33 bits per heavy atom. The highest BCUT2D eigenvalue weighted by Crippen LogP contribution is 2.27. The van der Waals surface area contributed by atoms with Crippen LogP contribution in [0.3, 0.4) is 0 Å². The second kappa shape index (κ2) is 5.40. The molecule has 0 spiro atoms. The molecule has 114 valence electrons. The zero-order valence-electron chi connectivity index (χ0n) is 12.8. The number of piperidine rings is 1. The number of nitrogens with two attached hydrogens (primary N) is 1. The standard InChI is InChI=1S/C14H22N6O/c1-18-8-6-10(7-9-18)19(2)12-5-4-11(21-3)13-16-14(15)17-20(12)13/h4-5,10H,6-9H2,1-3H3,(H2,15,17). The number of likely N-dealkylation sites (tertiary alicyclic amines) is 1. The summed E-state index contributed by atoms with van der Waals surface area (Å²) in [5, 5.41) is 4.30. The number of rotatable bonds is 3. The van der Waals surface area contributed by atoms with Gasteiger partial charge >= 0.3 is 0 Å². The van der Waals surface area contributed by atoms with Gasteiger partial charge in [-0.2, -0.15) is 9.50 Å². The van der Waals surface area contributed by atoms with E-state index in [2.05, 4.69) is 34.0 Å². The molecule has 0 radical (unpaired) electrons. The molecular weight excluding hydrogens is 268 g/mol. The highest BCUT2D eigenvalue weighted by atomic mass is 16.5. The third-order valence-corrected chi connectivity index (χ3v) is 4.26. The Kier molecular flexibility index (Phi) is 3.59. The fourth-order valence-electron chi connectivity index (χ4n) is 2.94. The van der Waals surface area contributed by atoms with Gasteiger partial charge in [-0.3, -0.25) is 0 Å². The van der Waals surface area contributed by atoms with E-state index in [1.807, 2.05) is 12.1 Å². The highest BCUT2D eigenvalue weighted by Gasteiger charge is 2.23. The third-order valence-electron chi connectivity index (χ3n) is 4.26. The number of aromatic nitrogens is 3. The summed E-state index contributed by atoms with van der Waals surface area (Å²) in [7, 11) is 5.90. The Hall–Kier alpha value is -2.02. The zero-order valence-corrected chi connectivity index (χ0v) is 12.8. The first kappa shape index (κ1) is 13.9. The number of methoxy groups -OCH3 is 1. The van der Waals surface area contributed by atoms with E-state index in [0.29, 0.717) is 17.4 Å². The summed E-state index contributed by atoms with van der Waals surface area (Å²) in [5.41, 5.74) is 6.42. The number of hydrogen-bond acceptors (Lipinski definition) is 6. The molecule has 0 aromatic carbocycles. The highest BCUT2D eigenvalue weighted by molar-refractivity contribution is 5.61. The van der Waals surface area contributed by atoms with Crippen molar-refractivity contribution in [2.45, 2.75) is 18.9 Å². The van der Waals surface area contributed by atoms with Gasteiger partial charge in [-0.25, -0.2) is 0 Å². The molecule has 2 aromatic heterocycles. The third kappa shape index (κ3) is 2.49. The lowest BCUT2D eigenvalue weighted by Crippen LogP contribution is -2.42. The van der Waals surface area contributed by atoms with Crippen LogP contribution in [0.25, 0.3) is 5.65 Å². The summed E-state index contributed by atoms with van der Waals surface area (Å²) in [5.74, 6) is 1.93. The van der Waals surface area contributed by atoms with E-state index in [9.17, 15) is 0 Å². The van der Waals surface area contributed by atoms with Crippen molar-refractivity contribution in [3.8, 4) is 5.75 Å². The molecule has 0 amide bonds. The minimum absolute atomic E-state index is 0.262. The first-order valence-electron chi connectivity index (χ1n) is 7.20. The lowest BCUT2D eigenvalue weighted by Gasteiger charge is -2.36. The van der Waals surface area contributed by atoms with Crippen LogP contribution in [0.5, 0.6) is 5.75 Å². The largest absolute Gasteiger partial charge is 0.493 e. The molecule has 0 bridgehead atoms. The van der Waals surface area contributed by atoms with Gasteiger partial charge < -0.3 is 20.3 Å². The Balaban J connectivity index is 1.96. The molecule has 0 saturated carbocycles. The average Bonchev–Trinajstić information content (AvgIpc) is 2.87. The van der Waals surface area contributed by atoms with Gasteiger partial charge in [0, 0.05) is 13.1 Å². The summed E-state index contributed by atoms with van der Waals surface area (Å²) in [6, 6.07) is 4.44. The maximum atomic E-state index is 5.76. The van der Waals surface area contributed by atoms with Crippen molar-refractivity contribution in [2.75, 3.05) is 44.9 Å². The molecule has 3 rings (SSSR count). The van der Waals surface area contributed by atoms with Gasteiger partial charge in [-0.05, 0) is 45.1 Å². The molecule has 1 saturated heterocycles. The van der Waals surface area contributed by atoms with Gasteiger partial charge in [-0.15, -0.1) is 5.10 Å². The lowest BCUT2D eigenvalue weighted by molar-refractivity contribution is 0.252. The van der Waals surface area contributed by atoms with E-state index in [4.69, 9.17) is 10.5 Å². The van der Waals surface area contributed by atoms with E-state index < -0.39 is 0 Å². The number of hydrogen-bond donors (Lipinski definition) is 1. The van der Waals surface area contributed by atoms with Crippen molar-refractivity contribution in [2.24, 2.45) is 0 Å². The first-order valence-corrected chi connectivity index (χ1v) is 7.20. The van der Waals surface area contributed by atoms with Crippen molar-refractivity contribution < 1.29 is 4.74 Å². The van der Waals surface area contributed by atoms with Crippen molar-refractivity contribution in [3.05, 3.63) is 12.1 Å². The number of anilines is 2. The number of nitrogens with zero attached hydrogens (tertiary/aromatic N) is 5. The molecule has 0 aliphatic carbocycles. The molecule has 1 aliphatic rings. The van der Waals surface area contributed by atoms with Crippen molar-refractivity contribution in [3.63, 3.8) is 0 Å². The van der Waals surface area contributed by atoms with Crippen molar-refractivity contribution in [1.29, 1.82) is 0 Å². The SMILES string of the molecule is COc1ccc(N(C)C2CCN(C)CC2)n2nc(N)nc12. The molecule has 1 fully saturated rings. The van der Waals surface area contributed by atoms with Gasteiger partial charge in [0.05, 0.1) is 7.11 Å². The molecule has 2 N–H and O–H groups in total. The molecular formula is C14H22N6O. The maximum Gasteiger partial charge on any atom is 0.240 e. The Labute approximate surface area is 124 Å². The van der Waals surface area contributed by atoms with Crippen LogP contribution in [0.4, 0.5) is 11.8 Å². The number of fused-ring (bicyclic) bond motifs is 1. The Morgan fingerprint density at radius 2 is 2.05 bits per heavy atom. The van der Waals surface area contributed by atoms with E-state index >= 15 is 0 Å². The summed E-state index contributed by atoms with van der Waals surface area (Å²) in [6.07, 6.45) is 2.29. The smallest absolute Gasteiger partial charge is 0.240 e. The van der Waals surface area contributed by atoms with E-state index in [0.717, 1.165) is 31.7 Å². The Morgan fingerprint density at radius 3 is 2.71 bits per heavy atom. The lowest BCUT2D eigenvalue weighted by atomic mass is 10.0. The Bertz CT molecular complexity index is 632. The summed E-state index contributed by atoms with van der Waals surface area (Å²) < 4.78 is 7.10. The van der Waals surface area contributed by atoms with Crippen LogP contribution in [0.2, 0.25) is 0 Å². The van der Waals surface area contributed by atoms with E-state index in [-0.39, 0.29) is 5.95 Å². The van der Waals surface area contributed by atoms with Crippen LogP contribution in [-0.2, 0) is 0 Å². The zero-order chi connectivity index (χ0) is 15.0. The van der Waals surface area contributed by atoms with Crippen LogP contribution in [-0.4, -0.2) is 59.8 Å². The summed E-state index contributed by atoms with van der Waals surface area (Å²) in [4.78, 5) is 8.89. The molecule has 2 aromatic rings. The average molecular weight is 290 g/mol. The van der Waals surface area contributed by atoms with Gasteiger partial charge in [0.1, 0.15) is 5.82 Å². The minimum atomic E-state index is 0.262. The quantitative estimate of drug-likeness (QED) is 0.903. The molecule has 7 nitrogen and oxygen atoms in total. The van der Waals surface area contributed by atoms with Crippen LogP contribution in [0.1, 0.15) is 12.8 Å². The molecule has 7 heteroatoms. The van der Waals surface area contributed by atoms with Gasteiger partial charge in [0.25, 0.3) is 0 Å². The van der Waals surface area contributed by atoms with Crippen LogP contribution in [0, 0.1) is 0 Å². The summed E-state index contributed by atoms with van der Waals surface area (Å²) >= 11 is 0. The second-order valence-corrected chi connectivity index (χ2v) is 5.61. The molecule has 0 atom stereocenters. The first-order chi connectivity index (χ1) is 10.1. The topological polar surface area (TPSA) is 71.9 Å². The predicted octanol–water partition coefficient (Wildman–Crippen LogP) is 0.850. The fourth-order valence-corrected chi connectivity index (χ4v) is 2.94. The molecule has 1 aliphatic heterocycles. The van der Waals surface area contributed by atoms with E-state index in [1.165, 1.54) is 0 Å². The minimum Gasteiger partial charge on any atom is -0.493 e. The van der Waals surface area contributed by atoms with Crippen LogP contribution in [0.15, 0.2) is 12.1 Å². The van der Waals surface area contributed by atoms with Crippen molar-refractivity contribution in [1.82, 2.24) is 19.5 Å². The molecule has 0 unspecified atom stereocenters.